The van der Waals surface area contributed by atoms with Crippen LogP contribution < -0.4 is 9.62 Å². The number of methoxy groups -OCH3 is 1. The number of ether oxygens (including phenoxy) is 1. The van der Waals surface area contributed by atoms with Gasteiger partial charge in [0.1, 0.15) is 0 Å². The predicted octanol–water partition coefficient (Wildman–Crippen LogP) is 3.19. The summed E-state index contributed by atoms with van der Waals surface area (Å²) >= 11 is 0. The fourth-order valence-electron chi connectivity index (χ4n) is 3.42. The highest BCUT2D eigenvalue weighted by Gasteiger charge is 2.18. The third-order valence-corrected chi connectivity index (χ3v) is 6.39. The number of carbonyl (C=O) groups is 1. The first-order valence-electron chi connectivity index (χ1n) is 9.41. The van der Waals surface area contributed by atoms with Gasteiger partial charge in [0.15, 0.2) is 0 Å². The van der Waals surface area contributed by atoms with Crippen LogP contribution in [0.2, 0.25) is 0 Å². The molecule has 0 bridgehead atoms. The number of rotatable bonds is 6. The van der Waals surface area contributed by atoms with Crippen molar-refractivity contribution in [2.24, 2.45) is 5.92 Å². The lowest BCUT2D eigenvalue weighted by Gasteiger charge is -2.32. The maximum atomic E-state index is 12.5. The molecule has 2 aromatic rings. The summed E-state index contributed by atoms with van der Waals surface area (Å²) in [4.78, 5) is 14.0. The van der Waals surface area contributed by atoms with Gasteiger partial charge in [-0.3, -0.25) is 0 Å². The summed E-state index contributed by atoms with van der Waals surface area (Å²) in [5, 5.41) is 0. The van der Waals surface area contributed by atoms with Gasteiger partial charge in [0.25, 0.3) is 0 Å². The van der Waals surface area contributed by atoms with E-state index in [1.165, 1.54) is 49.9 Å². The topological polar surface area (TPSA) is 75.7 Å². The van der Waals surface area contributed by atoms with Crippen LogP contribution in [0.5, 0.6) is 0 Å². The molecule has 1 aliphatic heterocycles. The van der Waals surface area contributed by atoms with E-state index in [9.17, 15) is 13.2 Å². The Hall–Kier alpha value is -2.38. The molecule has 0 amide bonds. The molecule has 0 saturated carbocycles. The number of hydrogen-bond acceptors (Lipinski definition) is 5. The Morgan fingerprint density at radius 2 is 1.96 bits per heavy atom. The first-order chi connectivity index (χ1) is 13.4. The number of sulfonamides is 1. The Kier molecular flexibility index (Phi) is 6.36. The molecule has 1 heterocycles. The van der Waals surface area contributed by atoms with Gasteiger partial charge >= 0.3 is 5.97 Å². The molecule has 0 aromatic heterocycles. The number of hydrogen-bond donors (Lipinski definition) is 1. The van der Waals surface area contributed by atoms with E-state index >= 15 is 0 Å². The first kappa shape index (κ1) is 20.4. The van der Waals surface area contributed by atoms with Crippen molar-refractivity contribution in [3.05, 3.63) is 59.7 Å². The number of nitrogens with zero attached hydrogens (tertiary/aromatic N) is 1. The lowest BCUT2D eigenvalue weighted by atomic mass is 9.99. The molecule has 1 N–H and O–H groups in total. The molecular weight excluding hydrogens is 376 g/mol. The molecule has 0 radical (unpaired) electrons. The molecular formula is C21H26N2O4S. The van der Waals surface area contributed by atoms with E-state index in [2.05, 4.69) is 21.3 Å². The van der Waals surface area contributed by atoms with Crippen LogP contribution in [0.4, 0.5) is 5.69 Å². The Labute approximate surface area is 166 Å². The fraction of sp³-hybridized carbons (Fsp3) is 0.381. The van der Waals surface area contributed by atoms with Crippen LogP contribution >= 0.6 is 0 Å². The summed E-state index contributed by atoms with van der Waals surface area (Å²) in [6, 6.07) is 13.8. The number of benzene rings is 2. The van der Waals surface area contributed by atoms with Crippen LogP contribution in [-0.2, 0) is 21.3 Å². The minimum absolute atomic E-state index is 0.0364. The quantitative estimate of drug-likeness (QED) is 0.751. The van der Waals surface area contributed by atoms with Gasteiger partial charge in [-0.25, -0.2) is 17.9 Å². The summed E-state index contributed by atoms with van der Waals surface area (Å²) in [5.74, 6) is 0.126. The average Bonchev–Trinajstić information content (AvgIpc) is 2.72. The maximum Gasteiger partial charge on any atom is 0.337 e. The monoisotopic (exact) mass is 402 g/mol. The van der Waals surface area contributed by atoms with Crippen molar-refractivity contribution in [2.75, 3.05) is 25.1 Å². The van der Waals surface area contributed by atoms with E-state index < -0.39 is 16.0 Å². The molecule has 150 valence electrons. The highest BCUT2D eigenvalue weighted by atomic mass is 32.2. The zero-order chi connectivity index (χ0) is 20.1. The Morgan fingerprint density at radius 3 is 2.64 bits per heavy atom. The minimum atomic E-state index is -3.73. The fourth-order valence-corrected chi connectivity index (χ4v) is 4.48. The molecule has 0 aliphatic carbocycles. The standard InChI is InChI=1S/C21H26N2O4S/c1-16-5-4-12-23(15-16)19-10-8-17(9-11-19)14-22-28(25,26)20-7-3-6-18(13-20)21(24)27-2/h3,6-11,13,16,22H,4-5,12,14-15H2,1-2H3/t16-/m1/s1. The lowest BCUT2D eigenvalue weighted by molar-refractivity contribution is 0.0600. The van der Waals surface area contributed by atoms with Gasteiger partial charge in [0.05, 0.1) is 17.6 Å². The highest BCUT2D eigenvalue weighted by molar-refractivity contribution is 7.89. The zero-order valence-corrected chi connectivity index (χ0v) is 17.0. The smallest absolute Gasteiger partial charge is 0.337 e. The number of piperidine rings is 1. The van der Waals surface area contributed by atoms with Gasteiger partial charge < -0.3 is 9.64 Å². The van der Waals surface area contributed by atoms with Crippen LogP contribution in [0.15, 0.2) is 53.4 Å². The largest absolute Gasteiger partial charge is 0.465 e. The van der Waals surface area contributed by atoms with E-state index in [0.717, 1.165) is 18.7 Å². The van der Waals surface area contributed by atoms with Gasteiger partial charge in [-0.2, -0.15) is 0 Å². The van der Waals surface area contributed by atoms with Crippen molar-refractivity contribution in [3.63, 3.8) is 0 Å². The molecule has 7 heteroatoms. The molecule has 1 saturated heterocycles. The van der Waals surface area contributed by atoms with Crippen LogP contribution in [0.3, 0.4) is 0 Å². The molecule has 2 aromatic carbocycles. The van der Waals surface area contributed by atoms with Crippen LogP contribution in [0.25, 0.3) is 0 Å². The number of esters is 1. The molecule has 3 rings (SSSR count). The molecule has 1 atom stereocenters. The Balaban J connectivity index is 1.65. The number of nitrogens with one attached hydrogen (secondary N) is 1. The molecule has 28 heavy (non-hydrogen) atoms. The van der Waals surface area contributed by atoms with Crippen LogP contribution in [0, 0.1) is 5.92 Å². The van der Waals surface area contributed by atoms with Crippen molar-refractivity contribution in [1.82, 2.24) is 4.72 Å². The van der Waals surface area contributed by atoms with Gasteiger partial charge in [-0.1, -0.05) is 25.1 Å². The van der Waals surface area contributed by atoms with Crippen molar-refractivity contribution in [2.45, 2.75) is 31.2 Å². The van der Waals surface area contributed by atoms with Gasteiger partial charge in [-0.05, 0) is 54.7 Å². The van der Waals surface area contributed by atoms with Crippen molar-refractivity contribution in [1.29, 1.82) is 0 Å². The highest BCUT2D eigenvalue weighted by Crippen LogP contribution is 2.23. The summed E-state index contributed by atoms with van der Waals surface area (Å²) < 4.78 is 32.3. The van der Waals surface area contributed by atoms with Gasteiger partial charge in [-0.15, -0.1) is 0 Å². The van der Waals surface area contributed by atoms with Crippen molar-refractivity contribution >= 4 is 21.7 Å². The molecule has 6 nitrogen and oxygen atoms in total. The minimum Gasteiger partial charge on any atom is -0.465 e. The SMILES string of the molecule is COC(=O)c1cccc(S(=O)(=O)NCc2ccc(N3CCC[C@@H](C)C3)cc2)c1. The molecule has 1 fully saturated rings. The average molecular weight is 403 g/mol. The molecule has 0 unspecified atom stereocenters. The van der Waals surface area contributed by atoms with Crippen LogP contribution in [-0.4, -0.2) is 34.6 Å². The second-order valence-corrected chi connectivity index (χ2v) is 8.97. The zero-order valence-electron chi connectivity index (χ0n) is 16.2. The molecule has 0 spiro atoms. The van der Waals surface area contributed by atoms with E-state index in [0.29, 0.717) is 5.92 Å². The predicted molar refractivity (Wildman–Crippen MR) is 109 cm³/mol. The number of anilines is 1. The summed E-state index contributed by atoms with van der Waals surface area (Å²) in [6.45, 7) is 4.57. The third-order valence-electron chi connectivity index (χ3n) is 4.99. The summed E-state index contributed by atoms with van der Waals surface area (Å²) in [7, 11) is -2.47. The summed E-state index contributed by atoms with van der Waals surface area (Å²) in [5.41, 5.74) is 2.25. The normalized spacial score (nSPS) is 17.4. The van der Waals surface area contributed by atoms with E-state index in [1.807, 2.05) is 24.3 Å². The van der Waals surface area contributed by atoms with Crippen molar-refractivity contribution < 1.29 is 17.9 Å². The van der Waals surface area contributed by atoms with Crippen molar-refractivity contribution in [3.8, 4) is 0 Å². The third kappa shape index (κ3) is 4.91. The molecule has 1 aliphatic rings. The van der Waals surface area contributed by atoms with Gasteiger partial charge in [0.2, 0.25) is 10.0 Å². The number of carbonyl (C=O) groups excluding carboxylic acids is 1. The maximum absolute atomic E-state index is 12.5. The van der Waals surface area contributed by atoms with E-state index in [1.54, 1.807) is 0 Å². The second-order valence-electron chi connectivity index (χ2n) is 7.20. The van der Waals surface area contributed by atoms with Crippen LogP contribution in [0.1, 0.15) is 35.7 Å². The van der Waals surface area contributed by atoms with E-state index in [-0.39, 0.29) is 17.0 Å². The lowest BCUT2D eigenvalue weighted by Crippen LogP contribution is -2.34. The summed E-state index contributed by atoms with van der Waals surface area (Å²) in [6.07, 6.45) is 2.47. The van der Waals surface area contributed by atoms with Gasteiger partial charge in [0, 0.05) is 25.3 Å². The second kappa shape index (κ2) is 8.75. The Bertz CT molecular complexity index is 926. The first-order valence-corrected chi connectivity index (χ1v) is 10.9. The van der Waals surface area contributed by atoms with E-state index in [4.69, 9.17) is 0 Å². The Morgan fingerprint density at radius 1 is 1.21 bits per heavy atom.